The first kappa shape index (κ1) is 29.0. The molecule has 4 rings (SSSR count). The van der Waals surface area contributed by atoms with Gasteiger partial charge in [-0.1, -0.05) is 0 Å². The molecule has 35 heavy (non-hydrogen) atoms. The molecule has 0 saturated carbocycles. The van der Waals surface area contributed by atoms with Gasteiger partial charge in [-0.25, -0.2) is 14.6 Å². The summed E-state index contributed by atoms with van der Waals surface area (Å²) in [5.41, 5.74) is 6.23. The van der Waals surface area contributed by atoms with Gasteiger partial charge in [-0.15, -0.1) is 47.9 Å². The number of ether oxygens (including phenoxy) is 1. The molecular weight excluding hydrogens is 543 g/mol. The molecule has 2 atom stereocenters. The standard InChI is InChI=1S/C19H24N6O6S2.2ClH/c1-23-2-4-24(5-3-23)19(30)31-7-10-8-32-16-13(15(27)25(16)14(10)17(28)29)22-12(26)6-11-9-33-18(20)21-11;;/h9,13,16H,2-8H2,1H3,(H2,20,21)(H,22,26)(H,28,29);2*1H. The van der Waals surface area contributed by atoms with E-state index in [2.05, 4.69) is 15.2 Å². The SMILES string of the molecule is CN1CCN(C(=O)OCC2=C(C(=O)O)N3C(=O)C(NC(=O)Cc4csc(N)n4)C3SC2)CC1.Cl.Cl. The van der Waals surface area contributed by atoms with Crippen LogP contribution in [0.2, 0.25) is 0 Å². The number of fused-ring (bicyclic) bond motifs is 1. The summed E-state index contributed by atoms with van der Waals surface area (Å²) in [5.74, 6) is -1.92. The second kappa shape index (κ2) is 12.1. The molecule has 0 bridgehead atoms. The third-order valence-electron chi connectivity index (χ3n) is 5.61. The Morgan fingerprint density at radius 3 is 2.54 bits per heavy atom. The van der Waals surface area contributed by atoms with Crippen LogP contribution in [0.1, 0.15) is 5.69 Å². The van der Waals surface area contributed by atoms with Crippen LogP contribution in [0.3, 0.4) is 0 Å². The molecule has 1 aromatic heterocycles. The van der Waals surface area contributed by atoms with E-state index in [-0.39, 0.29) is 49.3 Å². The van der Waals surface area contributed by atoms with Gasteiger partial charge in [0.1, 0.15) is 23.7 Å². The third-order valence-corrected chi connectivity index (χ3v) is 7.67. The number of hydrogen-bond donors (Lipinski definition) is 3. The average molecular weight is 569 g/mol. The second-order valence-electron chi connectivity index (χ2n) is 7.91. The Hall–Kier alpha value is -2.26. The van der Waals surface area contributed by atoms with Gasteiger partial charge in [0, 0.05) is 42.9 Å². The van der Waals surface area contributed by atoms with Crippen molar-refractivity contribution in [2.24, 2.45) is 0 Å². The van der Waals surface area contributed by atoms with Gasteiger partial charge in [-0.2, -0.15) is 0 Å². The number of aromatic nitrogens is 1. The van der Waals surface area contributed by atoms with E-state index < -0.39 is 35.3 Å². The number of rotatable bonds is 6. The van der Waals surface area contributed by atoms with Crippen molar-refractivity contribution in [2.75, 3.05) is 51.3 Å². The molecule has 12 nitrogen and oxygen atoms in total. The predicted octanol–water partition coefficient (Wildman–Crippen LogP) is 0.234. The number of thiazole rings is 1. The van der Waals surface area contributed by atoms with Crippen LogP contribution in [0.5, 0.6) is 0 Å². The summed E-state index contributed by atoms with van der Waals surface area (Å²) in [5, 5.41) is 13.9. The van der Waals surface area contributed by atoms with Gasteiger partial charge in [0.2, 0.25) is 5.91 Å². The number of carboxylic acid groups (broad SMARTS) is 1. The molecule has 0 aliphatic carbocycles. The van der Waals surface area contributed by atoms with Crippen molar-refractivity contribution in [3.05, 3.63) is 22.3 Å². The minimum atomic E-state index is -1.28. The molecular formula is C19H26Cl2N6O6S2. The zero-order valence-electron chi connectivity index (χ0n) is 18.7. The Kier molecular flexibility index (Phi) is 10.0. The first-order valence-electron chi connectivity index (χ1n) is 10.2. The molecule has 0 aromatic carbocycles. The number of aliphatic carboxylic acids is 1. The zero-order chi connectivity index (χ0) is 23.7. The Balaban J connectivity index is 0.00000216. The number of β-lactam (4-membered cyclic amide) rings is 1. The summed E-state index contributed by atoms with van der Waals surface area (Å²) in [6.45, 7) is 2.34. The molecule has 2 unspecified atom stereocenters. The summed E-state index contributed by atoms with van der Waals surface area (Å²) in [6, 6.07) is -0.831. The smallest absolute Gasteiger partial charge is 0.410 e. The van der Waals surface area contributed by atoms with E-state index in [4.69, 9.17) is 10.5 Å². The highest BCUT2D eigenvalue weighted by atomic mass is 35.5. The minimum Gasteiger partial charge on any atom is -0.477 e. The van der Waals surface area contributed by atoms with Crippen molar-refractivity contribution >= 4 is 76.9 Å². The van der Waals surface area contributed by atoms with Gasteiger partial charge in [0.25, 0.3) is 5.91 Å². The van der Waals surface area contributed by atoms with Gasteiger partial charge in [-0.3, -0.25) is 14.5 Å². The van der Waals surface area contributed by atoms with Crippen LogP contribution in [0.25, 0.3) is 0 Å². The fourth-order valence-electron chi connectivity index (χ4n) is 3.82. The maximum Gasteiger partial charge on any atom is 0.410 e. The monoisotopic (exact) mass is 568 g/mol. The largest absolute Gasteiger partial charge is 0.477 e. The minimum absolute atomic E-state index is 0. The number of carboxylic acids is 1. The van der Waals surface area contributed by atoms with E-state index in [0.29, 0.717) is 29.5 Å². The maximum atomic E-state index is 12.7. The second-order valence-corrected chi connectivity index (χ2v) is 9.91. The average Bonchev–Trinajstić information content (AvgIpc) is 3.19. The van der Waals surface area contributed by atoms with Crippen molar-refractivity contribution in [3.63, 3.8) is 0 Å². The molecule has 4 heterocycles. The lowest BCUT2D eigenvalue weighted by molar-refractivity contribution is -0.150. The number of nitrogen functional groups attached to an aromatic ring is 1. The lowest BCUT2D eigenvalue weighted by Gasteiger charge is -2.49. The molecule has 4 N–H and O–H groups in total. The third kappa shape index (κ3) is 6.30. The lowest BCUT2D eigenvalue weighted by Crippen LogP contribution is -2.70. The summed E-state index contributed by atoms with van der Waals surface area (Å²) < 4.78 is 5.35. The van der Waals surface area contributed by atoms with E-state index in [9.17, 15) is 24.3 Å². The van der Waals surface area contributed by atoms with Gasteiger partial charge in [-0.05, 0) is 7.05 Å². The fraction of sp³-hybridized carbons (Fsp3) is 0.526. The highest BCUT2D eigenvalue weighted by Gasteiger charge is 2.54. The van der Waals surface area contributed by atoms with Gasteiger partial charge in [0.05, 0.1) is 12.1 Å². The van der Waals surface area contributed by atoms with E-state index in [1.807, 2.05) is 7.05 Å². The van der Waals surface area contributed by atoms with E-state index in [1.54, 1.807) is 10.3 Å². The lowest BCUT2D eigenvalue weighted by atomic mass is 10.0. The van der Waals surface area contributed by atoms with E-state index in [0.717, 1.165) is 18.0 Å². The Morgan fingerprint density at radius 2 is 1.94 bits per heavy atom. The van der Waals surface area contributed by atoms with Crippen LogP contribution in [0.15, 0.2) is 16.7 Å². The van der Waals surface area contributed by atoms with Crippen molar-refractivity contribution in [1.29, 1.82) is 0 Å². The normalized spacial score (nSPS) is 21.8. The molecule has 194 valence electrons. The topological polar surface area (TPSA) is 158 Å². The quantitative estimate of drug-likeness (QED) is 0.405. The van der Waals surface area contributed by atoms with Crippen molar-refractivity contribution in [2.45, 2.75) is 17.8 Å². The van der Waals surface area contributed by atoms with Crippen molar-refractivity contribution in [1.82, 2.24) is 25.0 Å². The molecule has 16 heteroatoms. The fourth-order valence-corrected chi connectivity index (χ4v) is 5.71. The Labute approximate surface area is 222 Å². The predicted molar refractivity (Wildman–Crippen MR) is 135 cm³/mol. The number of piperazine rings is 1. The van der Waals surface area contributed by atoms with Crippen LogP contribution < -0.4 is 11.1 Å². The number of thioether (sulfide) groups is 1. The molecule has 3 amide bonds. The molecule has 1 aromatic rings. The highest BCUT2D eigenvalue weighted by molar-refractivity contribution is 8.00. The summed E-state index contributed by atoms with van der Waals surface area (Å²) in [4.78, 5) is 58.2. The summed E-state index contributed by atoms with van der Waals surface area (Å²) in [6.07, 6.45) is -0.528. The number of halogens is 2. The number of anilines is 1. The first-order chi connectivity index (χ1) is 15.7. The number of carbonyl (C=O) groups excluding carboxylic acids is 3. The number of nitrogens with zero attached hydrogens (tertiary/aromatic N) is 4. The number of hydrogen-bond acceptors (Lipinski definition) is 10. The Morgan fingerprint density at radius 1 is 1.26 bits per heavy atom. The van der Waals surface area contributed by atoms with Crippen molar-refractivity contribution < 1.29 is 29.0 Å². The Bertz CT molecular complexity index is 1020. The van der Waals surface area contributed by atoms with Gasteiger partial charge in [0.15, 0.2) is 5.13 Å². The number of nitrogens with one attached hydrogen (secondary N) is 1. The molecule has 3 aliphatic heterocycles. The van der Waals surface area contributed by atoms with Gasteiger partial charge < -0.3 is 30.7 Å². The molecule has 0 radical (unpaired) electrons. The number of nitrogens with two attached hydrogens (primary N) is 1. The van der Waals surface area contributed by atoms with Crippen LogP contribution >= 0.6 is 47.9 Å². The van der Waals surface area contributed by atoms with Crippen LogP contribution in [-0.4, -0.2) is 106 Å². The zero-order valence-corrected chi connectivity index (χ0v) is 21.9. The summed E-state index contributed by atoms with van der Waals surface area (Å²) >= 11 is 2.54. The molecule has 3 aliphatic rings. The summed E-state index contributed by atoms with van der Waals surface area (Å²) in [7, 11) is 1.97. The molecule has 0 spiro atoms. The first-order valence-corrected chi connectivity index (χ1v) is 12.2. The highest BCUT2D eigenvalue weighted by Crippen LogP contribution is 2.40. The molecule has 2 fully saturated rings. The van der Waals surface area contributed by atoms with E-state index in [1.165, 1.54) is 23.1 Å². The number of likely N-dealkylation sites (N-methyl/N-ethyl adjacent to an activating group) is 1. The molecule has 2 saturated heterocycles. The van der Waals surface area contributed by atoms with Crippen molar-refractivity contribution in [3.8, 4) is 0 Å². The van der Waals surface area contributed by atoms with E-state index >= 15 is 0 Å². The van der Waals surface area contributed by atoms with Crippen LogP contribution in [0.4, 0.5) is 9.93 Å². The number of amides is 3. The number of carbonyl (C=O) groups is 4. The van der Waals surface area contributed by atoms with Crippen LogP contribution in [0, 0.1) is 0 Å². The maximum absolute atomic E-state index is 12.7. The van der Waals surface area contributed by atoms with Gasteiger partial charge >= 0.3 is 12.1 Å². The van der Waals surface area contributed by atoms with Crippen LogP contribution in [-0.2, 0) is 25.5 Å².